The first-order chi connectivity index (χ1) is 10.6. The van der Waals surface area contributed by atoms with Crippen LogP contribution in [0.1, 0.15) is 32.1 Å². The van der Waals surface area contributed by atoms with Gasteiger partial charge in [0, 0.05) is 17.6 Å². The molecule has 1 aromatic heterocycles. The number of H-pyrrole nitrogens is 1. The maximum absolute atomic E-state index is 5.84. The smallest absolute Gasteiger partial charge is 0.112 e. The minimum absolute atomic E-state index is 0.516. The lowest BCUT2D eigenvalue weighted by Gasteiger charge is -2.30. The molecular formula is C16H20Cl2N4. The molecular weight excluding hydrogens is 319 g/mol. The fraction of sp³-hybridized carbons (Fsp3) is 0.500. The number of benzene rings is 1. The highest BCUT2D eigenvalue weighted by molar-refractivity contribution is 6.42. The van der Waals surface area contributed by atoms with Crippen LogP contribution in [0.15, 0.2) is 24.4 Å². The topological polar surface area (TPSA) is 44.8 Å². The molecule has 2 aliphatic heterocycles. The van der Waals surface area contributed by atoms with Crippen LogP contribution < -0.4 is 0 Å². The molecule has 2 unspecified atom stereocenters. The molecule has 1 aromatic carbocycles. The summed E-state index contributed by atoms with van der Waals surface area (Å²) in [4.78, 5) is 2.59. The van der Waals surface area contributed by atoms with Crippen molar-refractivity contribution in [1.82, 2.24) is 20.3 Å². The second-order valence-electron chi connectivity index (χ2n) is 5.97. The van der Waals surface area contributed by atoms with Crippen molar-refractivity contribution in [3.63, 3.8) is 0 Å². The van der Waals surface area contributed by atoms with E-state index in [0.29, 0.717) is 10.0 Å². The maximum atomic E-state index is 5.84. The molecule has 2 atom stereocenters. The van der Waals surface area contributed by atoms with Gasteiger partial charge in [0.15, 0.2) is 0 Å². The van der Waals surface area contributed by atoms with E-state index in [2.05, 4.69) is 27.4 Å². The van der Waals surface area contributed by atoms with Crippen LogP contribution in [0.2, 0.25) is 10.0 Å². The molecule has 2 bridgehead atoms. The molecule has 0 saturated carbocycles. The van der Waals surface area contributed by atoms with Crippen LogP contribution in [-0.4, -0.2) is 39.4 Å². The Balaban J connectivity index is 0.000000139. The molecule has 2 aromatic rings. The van der Waals surface area contributed by atoms with E-state index in [1.807, 2.05) is 6.07 Å². The van der Waals surface area contributed by atoms with Gasteiger partial charge in [-0.1, -0.05) is 35.7 Å². The summed E-state index contributed by atoms with van der Waals surface area (Å²) in [5.41, 5.74) is 1.64. The average Bonchev–Trinajstić information content (AvgIpc) is 3.09. The number of halogens is 2. The average molecular weight is 339 g/mol. The van der Waals surface area contributed by atoms with Crippen molar-refractivity contribution >= 4 is 23.2 Å². The number of nitrogens with zero attached hydrogens (tertiary/aromatic N) is 3. The lowest BCUT2D eigenvalue weighted by atomic mass is 10.0. The van der Waals surface area contributed by atoms with Gasteiger partial charge in [-0.3, -0.25) is 0 Å². The third-order valence-corrected chi connectivity index (χ3v) is 5.43. The molecule has 22 heavy (non-hydrogen) atoms. The Kier molecular flexibility index (Phi) is 5.01. The molecule has 118 valence electrons. The summed E-state index contributed by atoms with van der Waals surface area (Å²) in [6, 6.07) is 7.24. The second kappa shape index (κ2) is 6.99. The Morgan fingerprint density at radius 1 is 1.09 bits per heavy atom. The first kappa shape index (κ1) is 15.8. The van der Waals surface area contributed by atoms with E-state index < -0.39 is 0 Å². The van der Waals surface area contributed by atoms with Gasteiger partial charge in [0.2, 0.25) is 0 Å². The summed E-state index contributed by atoms with van der Waals surface area (Å²) in [6.07, 6.45) is 8.99. The lowest BCUT2D eigenvalue weighted by Crippen LogP contribution is -2.35. The lowest BCUT2D eigenvalue weighted by molar-refractivity contribution is 0.179. The van der Waals surface area contributed by atoms with Crippen molar-refractivity contribution in [1.29, 1.82) is 0 Å². The van der Waals surface area contributed by atoms with Crippen molar-refractivity contribution in [2.75, 3.05) is 7.05 Å². The third-order valence-electron chi connectivity index (χ3n) is 4.69. The fourth-order valence-electron chi connectivity index (χ4n) is 3.37. The zero-order chi connectivity index (χ0) is 15.5. The molecule has 0 amide bonds. The van der Waals surface area contributed by atoms with Crippen LogP contribution in [0.4, 0.5) is 0 Å². The van der Waals surface area contributed by atoms with E-state index in [-0.39, 0.29) is 0 Å². The van der Waals surface area contributed by atoms with Crippen LogP contribution in [-0.2, 0) is 0 Å². The Labute approximate surface area is 140 Å². The van der Waals surface area contributed by atoms with E-state index in [1.165, 1.54) is 32.1 Å². The SMILES string of the molecule is CN1C2CCCC1CC2.Clc1ccc(-c2cn[nH]n2)cc1Cl. The Morgan fingerprint density at radius 2 is 1.82 bits per heavy atom. The van der Waals surface area contributed by atoms with Gasteiger partial charge >= 0.3 is 0 Å². The standard InChI is InChI=1S/C8H5Cl2N3.C8H15N/c9-6-2-1-5(3-7(6)10)8-4-11-13-12-8;1-9-7-3-2-4-8(9)6-5-7/h1-4H,(H,11,12,13);7-8H,2-6H2,1H3. The Morgan fingerprint density at radius 3 is 2.36 bits per heavy atom. The summed E-state index contributed by atoms with van der Waals surface area (Å²) in [7, 11) is 2.29. The van der Waals surface area contributed by atoms with E-state index in [0.717, 1.165) is 23.3 Å². The largest absolute Gasteiger partial charge is 0.300 e. The molecule has 4 nitrogen and oxygen atoms in total. The van der Waals surface area contributed by atoms with Crippen LogP contribution in [0.25, 0.3) is 11.3 Å². The normalized spacial score (nSPS) is 24.0. The van der Waals surface area contributed by atoms with Gasteiger partial charge in [-0.2, -0.15) is 15.4 Å². The van der Waals surface area contributed by atoms with E-state index in [4.69, 9.17) is 23.2 Å². The summed E-state index contributed by atoms with van der Waals surface area (Å²) >= 11 is 11.6. The van der Waals surface area contributed by atoms with Gasteiger partial charge in [0.05, 0.1) is 16.2 Å². The molecule has 2 fully saturated rings. The van der Waals surface area contributed by atoms with E-state index >= 15 is 0 Å². The number of hydrogen-bond acceptors (Lipinski definition) is 3. The molecule has 1 N–H and O–H groups in total. The number of hydrogen-bond donors (Lipinski definition) is 1. The number of rotatable bonds is 1. The number of aromatic nitrogens is 3. The zero-order valence-corrected chi connectivity index (χ0v) is 14.1. The number of nitrogens with one attached hydrogen (secondary N) is 1. The highest BCUT2D eigenvalue weighted by Crippen LogP contribution is 2.33. The number of aromatic amines is 1. The molecule has 6 heteroatoms. The molecule has 2 aliphatic rings. The van der Waals surface area contributed by atoms with Crippen molar-refractivity contribution in [2.45, 2.75) is 44.2 Å². The van der Waals surface area contributed by atoms with Gasteiger partial charge < -0.3 is 4.90 Å². The molecule has 2 saturated heterocycles. The molecule has 0 radical (unpaired) electrons. The molecule has 4 rings (SSSR count). The maximum Gasteiger partial charge on any atom is 0.112 e. The second-order valence-corrected chi connectivity index (χ2v) is 6.78. The first-order valence-corrected chi connectivity index (χ1v) is 8.44. The van der Waals surface area contributed by atoms with Crippen LogP contribution in [0.3, 0.4) is 0 Å². The van der Waals surface area contributed by atoms with Gasteiger partial charge in [-0.05, 0) is 44.9 Å². The van der Waals surface area contributed by atoms with Gasteiger partial charge in [-0.15, -0.1) is 0 Å². The fourth-order valence-corrected chi connectivity index (χ4v) is 3.67. The highest BCUT2D eigenvalue weighted by Gasteiger charge is 2.33. The summed E-state index contributed by atoms with van der Waals surface area (Å²) in [5, 5.41) is 11.2. The molecule has 3 heterocycles. The number of fused-ring (bicyclic) bond motifs is 2. The minimum Gasteiger partial charge on any atom is -0.300 e. The summed E-state index contributed by atoms with van der Waals surface area (Å²) in [5.74, 6) is 0. The number of piperidine rings is 1. The third kappa shape index (κ3) is 3.45. The van der Waals surface area contributed by atoms with Gasteiger partial charge in [0.1, 0.15) is 5.69 Å². The zero-order valence-electron chi connectivity index (χ0n) is 12.6. The van der Waals surface area contributed by atoms with Crippen molar-refractivity contribution < 1.29 is 0 Å². The van der Waals surface area contributed by atoms with E-state index in [1.54, 1.807) is 18.3 Å². The summed E-state index contributed by atoms with van der Waals surface area (Å²) in [6.45, 7) is 0. The Hall–Kier alpha value is -1.10. The van der Waals surface area contributed by atoms with Crippen molar-refractivity contribution in [3.05, 3.63) is 34.4 Å². The quantitative estimate of drug-likeness (QED) is 0.837. The van der Waals surface area contributed by atoms with Crippen LogP contribution in [0, 0.1) is 0 Å². The molecule has 0 spiro atoms. The predicted octanol–water partition coefficient (Wildman–Crippen LogP) is 4.41. The first-order valence-electron chi connectivity index (χ1n) is 7.68. The van der Waals surface area contributed by atoms with Crippen LogP contribution >= 0.6 is 23.2 Å². The van der Waals surface area contributed by atoms with Crippen molar-refractivity contribution in [3.8, 4) is 11.3 Å². The Bertz CT molecular complexity index is 599. The van der Waals surface area contributed by atoms with Gasteiger partial charge in [0.25, 0.3) is 0 Å². The summed E-state index contributed by atoms with van der Waals surface area (Å²) < 4.78 is 0. The van der Waals surface area contributed by atoms with Crippen molar-refractivity contribution in [2.24, 2.45) is 0 Å². The predicted molar refractivity (Wildman–Crippen MR) is 90.3 cm³/mol. The monoisotopic (exact) mass is 338 g/mol. The highest BCUT2D eigenvalue weighted by atomic mass is 35.5. The minimum atomic E-state index is 0.516. The van der Waals surface area contributed by atoms with E-state index in [9.17, 15) is 0 Å². The van der Waals surface area contributed by atoms with Gasteiger partial charge in [-0.25, -0.2) is 0 Å². The molecule has 0 aliphatic carbocycles. The van der Waals surface area contributed by atoms with Crippen LogP contribution in [0.5, 0.6) is 0 Å².